The third-order valence-electron chi connectivity index (χ3n) is 4.91. The first-order valence-electron chi connectivity index (χ1n) is 9.03. The fourth-order valence-corrected chi connectivity index (χ4v) is 3.73. The minimum atomic E-state index is -0.294. The van der Waals surface area contributed by atoms with Gasteiger partial charge >= 0.3 is 0 Å². The fraction of sp³-hybridized carbons (Fsp3) is 0.364. The second-order valence-electron chi connectivity index (χ2n) is 7.93. The van der Waals surface area contributed by atoms with E-state index in [2.05, 4.69) is 20.8 Å². The van der Waals surface area contributed by atoms with Gasteiger partial charge in [0.2, 0.25) is 5.91 Å². The van der Waals surface area contributed by atoms with Crippen molar-refractivity contribution in [2.75, 3.05) is 6.54 Å². The van der Waals surface area contributed by atoms with Gasteiger partial charge in [0.1, 0.15) is 12.7 Å². The average molecular weight is 350 g/mol. The minimum Gasteiger partial charge on any atom is -0.313 e. The molecule has 0 bridgehead atoms. The molecule has 0 radical (unpaired) electrons. The summed E-state index contributed by atoms with van der Waals surface area (Å²) in [4.78, 5) is 29.6. The molecule has 0 saturated carbocycles. The first kappa shape index (κ1) is 18.2. The average Bonchev–Trinajstić information content (AvgIpc) is 2.99. The van der Waals surface area contributed by atoms with Crippen molar-refractivity contribution < 1.29 is 9.59 Å². The predicted octanol–water partition coefficient (Wildman–Crippen LogP) is 4.10. The van der Waals surface area contributed by atoms with E-state index in [9.17, 15) is 9.59 Å². The summed E-state index contributed by atoms with van der Waals surface area (Å²) in [6.45, 7) is 8.38. The van der Waals surface area contributed by atoms with Crippen LogP contribution in [-0.4, -0.2) is 34.3 Å². The van der Waals surface area contributed by atoms with Gasteiger partial charge in [0.05, 0.1) is 6.04 Å². The molecule has 4 heteroatoms. The number of benzene rings is 2. The Morgan fingerprint density at radius 3 is 2.08 bits per heavy atom. The zero-order chi connectivity index (χ0) is 18.9. The van der Waals surface area contributed by atoms with Crippen molar-refractivity contribution in [3.05, 3.63) is 71.8 Å². The normalized spacial score (nSPS) is 18.9. The van der Waals surface area contributed by atoms with Crippen molar-refractivity contribution in [1.82, 2.24) is 9.80 Å². The van der Waals surface area contributed by atoms with Crippen molar-refractivity contribution in [1.29, 1.82) is 0 Å². The Hall–Kier alpha value is -2.62. The summed E-state index contributed by atoms with van der Waals surface area (Å²) in [5.74, 6) is -0.104. The summed E-state index contributed by atoms with van der Waals surface area (Å²) in [6, 6.07) is 19.1. The van der Waals surface area contributed by atoms with E-state index in [0.29, 0.717) is 5.56 Å². The van der Waals surface area contributed by atoms with Crippen LogP contribution in [0.1, 0.15) is 49.7 Å². The maximum atomic E-state index is 13.1. The highest BCUT2D eigenvalue weighted by Crippen LogP contribution is 2.38. The molecule has 3 rings (SSSR count). The van der Waals surface area contributed by atoms with Crippen molar-refractivity contribution >= 4 is 11.8 Å². The van der Waals surface area contributed by atoms with Crippen molar-refractivity contribution in [2.45, 2.75) is 39.9 Å². The molecular weight excluding hydrogens is 324 g/mol. The molecule has 1 saturated heterocycles. The molecule has 2 amide bonds. The Labute approximate surface area is 155 Å². The van der Waals surface area contributed by atoms with E-state index in [0.717, 1.165) is 5.56 Å². The van der Waals surface area contributed by atoms with Gasteiger partial charge in [0, 0.05) is 11.0 Å². The van der Waals surface area contributed by atoms with Crippen LogP contribution in [0.4, 0.5) is 0 Å². The van der Waals surface area contributed by atoms with E-state index in [1.54, 1.807) is 17.0 Å². The summed E-state index contributed by atoms with van der Waals surface area (Å²) in [7, 11) is 0. The van der Waals surface area contributed by atoms with Crippen LogP contribution in [0.25, 0.3) is 0 Å². The largest absolute Gasteiger partial charge is 0.313 e. The van der Waals surface area contributed by atoms with Crippen molar-refractivity contribution in [2.24, 2.45) is 5.41 Å². The van der Waals surface area contributed by atoms with Gasteiger partial charge in [0.15, 0.2) is 0 Å². The maximum absolute atomic E-state index is 13.1. The van der Waals surface area contributed by atoms with E-state index in [-0.39, 0.29) is 36.0 Å². The molecule has 1 heterocycles. The van der Waals surface area contributed by atoms with Gasteiger partial charge in [0.25, 0.3) is 5.91 Å². The Morgan fingerprint density at radius 1 is 1.00 bits per heavy atom. The molecule has 2 aromatic rings. The summed E-state index contributed by atoms with van der Waals surface area (Å²) >= 11 is 0. The molecule has 1 aliphatic rings. The number of amides is 2. The quantitative estimate of drug-likeness (QED) is 0.836. The van der Waals surface area contributed by atoms with E-state index in [1.165, 1.54) is 0 Å². The molecule has 2 unspecified atom stereocenters. The van der Waals surface area contributed by atoms with E-state index in [1.807, 2.05) is 60.4 Å². The SMILES string of the molecule is CC(c1ccccc1)N1C(=O)CN(C(=O)c2ccccc2)C1C(C)(C)C. The number of hydrogen-bond donors (Lipinski definition) is 0. The summed E-state index contributed by atoms with van der Waals surface area (Å²) in [5.41, 5.74) is 1.42. The van der Waals surface area contributed by atoms with Crippen LogP contribution >= 0.6 is 0 Å². The zero-order valence-electron chi connectivity index (χ0n) is 15.8. The lowest BCUT2D eigenvalue weighted by atomic mass is 9.89. The van der Waals surface area contributed by atoms with E-state index in [4.69, 9.17) is 0 Å². The third-order valence-corrected chi connectivity index (χ3v) is 4.91. The highest BCUT2D eigenvalue weighted by Gasteiger charge is 2.48. The van der Waals surface area contributed by atoms with Crippen LogP contribution in [0.15, 0.2) is 60.7 Å². The van der Waals surface area contributed by atoms with Crippen LogP contribution in [0.5, 0.6) is 0 Å². The number of carbonyl (C=O) groups is 2. The van der Waals surface area contributed by atoms with Gasteiger partial charge < -0.3 is 9.80 Å². The molecule has 26 heavy (non-hydrogen) atoms. The Bertz CT molecular complexity index is 781. The van der Waals surface area contributed by atoms with Crippen LogP contribution < -0.4 is 0 Å². The highest BCUT2D eigenvalue weighted by molar-refractivity contribution is 5.98. The zero-order valence-corrected chi connectivity index (χ0v) is 15.8. The molecule has 2 aromatic carbocycles. The molecule has 136 valence electrons. The second kappa shape index (κ2) is 6.94. The molecule has 0 aromatic heterocycles. The second-order valence-corrected chi connectivity index (χ2v) is 7.93. The molecular formula is C22H26N2O2. The number of rotatable bonds is 3. The highest BCUT2D eigenvalue weighted by atomic mass is 16.2. The van der Waals surface area contributed by atoms with E-state index < -0.39 is 0 Å². The van der Waals surface area contributed by atoms with Gasteiger partial charge in [-0.3, -0.25) is 9.59 Å². The molecule has 1 aliphatic heterocycles. The summed E-state index contributed by atoms with van der Waals surface area (Å²) in [6.07, 6.45) is -0.294. The standard InChI is InChI=1S/C22H26N2O2/c1-16(17-11-7-5-8-12-17)24-19(25)15-23(21(24)22(2,3)4)20(26)18-13-9-6-10-14-18/h5-14,16,21H,15H2,1-4H3. The van der Waals surface area contributed by atoms with Crippen LogP contribution in [0.2, 0.25) is 0 Å². The van der Waals surface area contributed by atoms with Gasteiger partial charge in [-0.25, -0.2) is 0 Å². The molecule has 1 fully saturated rings. The first-order chi connectivity index (χ1) is 12.3. The maximum Gasteiger partial charge on any atom is 0.255 e. The Balaban J connectivity index is 1.98. The lowest BCUT2D eigenvalue weighted by Crippen LogP contribution is -2.51. The monoisotopic (exact) mass is 350 g/mol. The van der Waals surface area contributed by atoms with Crippen molar-refractivity contribution in [3.63, 3.8) is 0 Å². The molecule has 0 spiro atoms. The molecule has 0 aliphatic carbocycles. The van der Waals surface area contributed by atoms with Gasteiger partial charge in [-0.1, -0.05) is 69.3 Å². The van der Waals surface area contributed by atoms with Crippen molar-refractivity contribution in [3.8, 4) is 0 Å². The Kier molecular flexibility index (Phi) is 4.86. The van der Waals surface area contributed by atoms with Gasteiger partial charge in [-0.05, 0) is 24.6 Å². The summed E-state index contributed by atoms with van der Waals surface area (Å²) < 4.78 is 0. The molecule has 4 nitrogen and oxygen atoms in total. The number of carbonyl (C=O) groups excluding carboxylic acids is 2. The van der Waals surface area contributed by atoms with Crippen LogP contribution in [0.3, 0.4) is 0 Å². The minimum absolute atomic E-state index is 0.00874. The lowest BCUT2D eigenvalue weighted by Gasteiger charge is -2.42. The molecule has 2 atom stereocenters. The van der Waals surface area contributed by atoms with Gasteiger partial charge in [-0.2, -0.15) is 0 Å². The number of hydrogen-bond acceptors (Lipinski definition) is 2. The topological polar surface area (TPSA) is 40.6 Å². The smallest absolute Gasteiger partial charge is 0.255 e. The summed E-state index contributed by atoms with van der Waals surface area (Å²) in [5, 5.41) is 0. The van der Waals surface area contributed by atoms with Crippen LogP contribution in [-0.2, 0) is 4.79 Å². The Morgan fingerprint density at radius 2 is 1.54 bits per heavy atom. The van der Waals surface area contributed by atoms with Crippen LogP contribution in [0, 0.1) is 5.41 Å². The first-order valence-corrected chi connectivity index (χ1v) is 9.03. The fourth-order valence-electron chi connectivity index (χ4n) is 3.73. The predicted molar refractivity (Wildman–Crippen MR) is 102 cm³/mol. The van der Waals surface area contributed by atoms with Gasteiger partial charge in [-0.15, -0.1) is 0 Å². The lowest BCUT2D eigenvalue weighted by molar-refractivity contribution is -0.132. The third kappa shape index (κ3) is 3.36. The molecule has 0 N–H and O–H groups in total. The number of nitrogens with zero attached hydrogens (tertiary/aromatic N) is 2. The van der Waals surface area contributed by atoms with E-state index >= 15 is 0 Å².